The quantitative estimate of drug-likeness (QED) is 0.851. The van der Waals surface area contributed by atoms with Gasteiger partial charge in [-0.25, -0.2) is 0 Å². The predicted octanol–water partition coefficient (Wildman–Crippen LogP) is 1.64. The molecule has 0 aliphatic rings. The van der Waals surface area contributed by atoms with E-state index < -0.39 is 0 Å². The molecule has 2 rings (SSSR count). The zero-order valence-corrected chi connectivity index (χ0v) is 10.2. The first-order chi connectivity index (χ1) is 8.13. The second-order valence-corrected chi connectivity index (χ2v) is 4.10. The van der Waals surface area contributed by atoms with Crippen molar-refractivity contribution in [2.45, 2.75) is 20.0 Å². The van der Waals surface area contributed by atoms with E-state index in [-0.39, 0.29) is 0 Å². The fourth-order valence-electron chi connectivity index (χ4n) is 1.40. The van der Waals surface area contributed by atoms with Crippen LogP contribution in [-0.4, -0.2) is 29.2 Å². The van der Waals surface area contributed by atoms with Gasteiger partial charge in [-0.05, 0) is 33.2 Å². The van der Waals surface area contributed by atoms with Gasteiger partial charge in [0.05, 0.1) is 13.1 Å². The third kappa shape index (κ3) is 3.32. The van der Waals surface area contributed by atoms with Crippen LogP contribution >= 0.6 is 0 Å². The van der Waals surface area contributed by atoms with Gasteiger partial charge >= 0.3 is 6.01 Å². The van der Waals surface area contributed by atoms with E-state index in [0.717, 1.165) is 11.5 Å². The molecule has 0 radical (unpaired) electrons. The first-order valence-electron chi connectivity index (χ1n) is 5.40. The van der Waals surface area contributed by atoms with Gasteiger partial charge in [0, 0.05) is 0 Å². The largest absolute Gasteiger partial charge is 0.465 e. The SMILES string of the molecule is Cc1ccc(CNc2nnc(CN(C)C)o2)o1. The molecule has 0 aromatic carbocycles. The van der Waals surface area contributed by atoms with Crippen LogP contribution in [0.3, 0.4) is 0 Å². The van der Waals surface area contributed by atoms with Crippen molar-refractivity contribution in [3.63, 3.8) is 0 Å². The Morgan fingerprint density at radius 3 is 2.71 bits per heavy atom. The Bertz CT molecular complexity index is 475. The standard InChI is InChI=1S/C11H16N4O2/c1-8-4-5-9(16-8)6-12-11-14-13-10(17-11)7-15(2)3/h4-5H,6-7H2,1-3H3,(H,12,14). The Labute approximate surface area is 99.6 Å². The van der Waals surface area contributed by atoms with Crippen LogP contribution in [-0.2, 0) is 13.1 Å². The summed E-state index contributed by atoms with van der Waals surface area (Å²) in [6.45, 7) is 3.08. The highest BCUT2D eigenvalue weighted by atomic mass is 16.4. The molecule has 92 valence electrons. The van der Waals surface area contributed by atoms with Gasteiger partial charge in [-0.15, -0.1) is 5.10 Å². The minimum Gasteiger partial charge on any atom is -0.465 e. The summed E-state index contributed by atoms with van der Waals surface area (Å²) < 4.78 is 10.8. The molecular formula is C11H16N4O2. The lowest BCUT2D eigenvalue weighted by atomic mass is 10.4. The molecule has 1 N–H and O–H groups in total. The fourth-order valence-corrected chi connectivity index (χ4v) is 1.40. The molecule has 0 saturated heterocycles. The summed E-state index contributed by atoms with van der Waals surface area (Å²) in [6, 6.07) is 4.25. The minimum atomic E-state index is 0.413. The molecule has 0 unspecified atom stereocenters. The Hall–Kier alpha value is -1.82. The summed E-state index contributed by atoms with van der Waals surface area (Å²) in [5, 5.41) is 10.8. The average Bonchev–Trinajstić information content (AvgIpc) is 2.84. The number of nitrogens with one attached hydrogen (secondary N) is 1. The maximum atomic E-state index is 5.42. The minimum absolute atomic E-state index is 0.413. The third-order valence-electron chi connectivity index (χ3n) is 2.13. The van der Waals surface area contributed by atoms with Gasteiger partial charge in [-0.3, -0.25) is 0 Å². The van der Waals surface area contributed by atoms with Gasteiger partial charge < -0.3 is 19.1 Å². The number of aryl methyl sites for hydroxylation is 1. The number of hydrogen-bond donors (Lipinski definition) is 1. The zero-order valence-electron chi connectivity index (χ0n) is 10.2. The van der Waals surface area contributed by atoms with Gasteiger partial charge in [0.1, 0.15) is 11.5 Å². The molecule has 0 spiro atoms. The van der Waals surface area contributed by atoms with Crippen LogP contribution in [0.25, 0.3) is 0 Å². The van der Waals surface area contributed by atoms with Gasteiger partial charge in [0.2, 0.25) is 5.89 Å². The predicted molar refractivity (Wildman–Crippen MR) is 62.5 cm³/mol. The van der Waals surface area contributed by atoms with Crippen LogP contribution < -0.4 is 5.32 Å². The molecule has 0 aliphatic carbocycles. The number of nitrogens with zero attached hydrogens (tertiary/aromatic N) is 3. The number of anilines is 1. The summed E-state index contributed by atoms with van der Waals surface area (Å²) in [5.41, 5.74) is 0. The van der Waals surface area contributed by atoms with Crippen LogP contribution in [0.2, 0.25) is 0 Å². The number of furan rings is 1. The van der Waals surface area contributed by atoms with Crippen molar-refractivity contribution in [2.75, 3.05) is 19.4 Å². The van der Waals surface area contributed by atoms with Gasteiger partial charge in [0.25, 0.3) is 0 Å². The van der Waals surface area contributed by atoms with E-state index in [4.69, 9.17) is 8.83 Å². The molecule has 0 fully saturated rings. The van der Waals surface area contributed by atoms with Crippen molar-refractivity contribution in [1.82, 2.24) is 15.1 Å². The summed E-state index contributed by atoms with van der Waals surface area (Å²) in [4.78, 5) is 1.97. The molecule has 6 heteroatoms. The smallest absolute Gasteiger partial charge is 0.315 e. The highest BCUT2D eigenvalue weighted by Crippen LogP contribution is 2.11. The molecule has 2 heterocycles. The van der Waals surface area contributed by atoms with E-state index in [1.165, 1.54) is 0 Å². The van der Waals surface area contributed by atoms with Crippen LogP contribution in [0, 0.1) is 6.92 Å². The molecule has 0 atom stereocenters. The highest BCUT2D eigenvalue weighted by Gasteiger charge is 2.07. The van der Waals surface area contributed by atoms with E-state index in [0.29, 0.717) is 25.0 Å². The average molecular weight is 236 g/mol. The molecule has 0 saturated carbocycles. The third-order valence-corrected chi connectivity index (χ3v) is 2.13. The normalized spacial score (nSPS) is 11.1. The lowest BCUT2D eigenvalue weighted by Gasteiger charge is -2.03. The van der Waals surface area contributed by atoms with E-state index in [1.807, 2.05) is 38.1 Å². The Morgan fingerprint density at radius 2 is 2.06 bits per heavy atom. The molecular weight excluding hydrogens is 220 g/mol. The molecule has 0 bridgehead atoms. The van der Waals surface area contributed by atoms with Gasteiger partial charge in [-0.2, -0.15) is 0 Å². The van der Waals surface area contributed by atoms with Crippen molar-refractivity contribution >= 4 is 6.01 Å². The van der Waals surface area contributed by atoms with Crippen molar-refractivity contribution < 1.29 is 8.83 Å². The first kappa shape index (κ1) is 11.7. The van der Waals surface area contributed by atoms with Crippen LogP contribution in [0.15, 0.2) is 21.0 Å². The van der Waals surface area contributed by atoms with Gasteiger partial charge in [-0.1, -0.05) is 5.10 Å². The van der Waals surface area contributed by atoms with Crippen LogP contribution in [0.1, 0.15) is 17.4 Å². The van der Waals surface area contributed by atoms with Crippen LogP contribution in [0.5, 0.6) is 0 Å². The summed E-state index contributed by atoms with van der Waals surface area (Å²) in [7, 11) is 3.89. The Balaban J connectivity index is 1.89. The molecule has 2 aromatic rings. The molecule has 17 heavy (non-hydrogen) atoms. The maximum absolute atomic E-state index is 5.42. The van der Waals surface area contributed by atoms with Crippen molar-refractivity contribution in [1.29, 1.82) is 0 Å². The first-order valence-corrected chi connectivity index (χ1v) is 5.40. The molecule has 0 aliphatic heterocycles. The fraction of sp³-hybridized carbons (Fsp3) is 0.455. The summed E-state index contributed by atoms with van der Waals surface area (Å²) in [5.74, 6) is 2.32. The molecule has 0 amide bonds. The Morgan fingerprint density at radius 1 is 1.24 bits per heavy atom. The van der Waals surface area contributed by atoms with E-state index >= 15 is 0 Å². The van der Waals surface area contributed by atoms with Gasteiger partial charge in [0.15, 0.2) is 0 Å². The van der Waals surface area contributed by atoms with E-state index in [2.05, 4.69) is 15.5 Å². The summed E-state index contributed by atoms with van der Waals surface area (Å²) >= 11 is 0. The second kappa shape index (κ2) is 5.01. The highest BCUT2D eigenvalue weighted by molar-refractivity contribution is 5.19. The maximum Gasteiger partial charge on any atom is 0.315 e. The van der Waals surface area contributed by atoms with E-state index in [9.17, 15) is 0 Å². The van der Waals surface area contributed by atoms with Crippen molar-refractivity contribution in [3.05, 3.63) is 29.5 Å². The van der Waals surface area contributed by atoms with E-state index in [1.54, 1.807) is 0 Å². The van der Waals surface area contributed by atoms with Crippen LogP contribution in [0.4, 0.5) is 6.01 Å². The lowest BCUT2D eigenvalue weighted by Crippen LogP contribution is -2.10. The topological polar surface area (TPSA) is 67.3 Å². The molecule has 2 aromatic heterocycles. The number of aromatic nitrogens is 2. The second-order valence-electron chi connectivity index (χ2n) is 4.10. The molecule has 6 nitrogen and oxygen atoms in total. The number of rotatable bonds is 5. The number of hydrogen-bond acceptors (Lipinski definition) is 6. The Kier molecular flexibility index (Phi) is 3.43. The monoisotopic (exact) mass is 236 g/mol. The summed E-state index contributed by atoms with van der Waals surface area (Å²) in [6.07, 6.45) is 0. The van der Waals surface area contributed by atoms with Crippen molar-refractivity contribution in [2.24, 2.45) is 0 Å². The van der Waals surface area contributed by atoms with Crippen molar-refractivity contribution in [3.8, 4) is 0 Å². The lowest BCUT2D eigenvalue weighted by molar-refractivity contribution is 0.344. The zero-order chi connectivity index (χ0) is 12.3.